The molecule has 0 aliphatic heterocycles. The molecule has 0 aromatic rings. The van der Waals surface area contributed by atoms with Crippen molar-refractivity contribution < 1.29 is 39.0 Å². The number of hydrogen-bond donors (Lipinski definition) is 9. The van der Waals surface area contributed by atoms with Gasteiger partial charge in [-0.2, -0.15) is 0 Å². The minimum absolute atomic E-state index is 0.0961. The molecular weight excluding hydrogens is 456 g/mol. The molecule has 0 rings (SSSR count). The monoisotopic (exact) mass is 488 g/mol. The third kappa shape index (κ3) is 14.2. The van der Waals surface area contributed by atoms with Gasteiger partial charge in [-0.3, -0.25) is 29.0 Å². The number of amides is 4. The predicted octanol–water partition coefficient (Wildman–Crippen LogP) is -4.33. The topological polar surface area (TPSA) is 295 Å². The number of aliphatic carboxylic acids is 2. The zero-order valence-electron chi connectivity index (χ0n) is 18.5. The first-order valence-electron chi connectivity index (χ1n) is 10.2. The summed E-state index contributed by atoms with van der Waals surface area (Å²) >= 11 is 0. The van der Waals surface area contributed by atoms with Gasteiger partial charge in [0.1, 0.15) is 12.1 Å². The van der Waals surface area contributed by atoms with Crippen molar-refractivity contribution in [3.63, 3.8) is 0 Å². The van der Waals surface area contributed by atoms with Crippen LogP contribution in [0.2, 0.25) is 0 Å². The molecule has 0 heterocycles. The van der Waals surface area contributed by atoms with Crippen LogP contribution >= 0.6 is 0 Å². The summed E-state index contributed by atoms with van der Waals surface area (Å²) in [7, 11) is 0. The van der Waals surface area contributed by atoms with Crippen molar-refractivity contribution in [3.8, 4) is 0 Å². The fraction of sp³-hybridized carbons (Fsp3) is 0.611. The molecule has 16 heteroatoms. The molecule has 0 aromatic heterocycles. The fourth-order valence-electron chi connectivity index (χ4n) is 2.55. The van der Waals surface area contributed by atoms with Crippen LogP contribution in [0.4, 0.5) is 0 Å². The van der Waals surface area contributed by atoms with Gasteiger partial charge in [0.15, 0.2) is 5.96 Å². The fourth-order valence-corrected chi connectivity index (χ4v) is 2.55. The molecule has 16 nitrogen and oxygen atoms in total. The molecule has 13 N–H and O–H groups in total. The van der Waals surface area contributed by atoms with E-state index in [2.05, 4.69) is 20.9 Å². The van der Waals surface area contributed by atoms with E-state index in [1.54, 1.807) is 0 Å². The second kappa shape index (κ2) is 15.8. The Balaban J connectivity index is 4.89. The standard InChI is InChI=1S/C18H32N8O8/c19-9(2-1-7-23-18(21)22)15(31)24-8-13(28)25-10(3-5-12(20)27)16(32)26-11(17(33)34)4-6-14(29)30/h9-11H,1-8,19H2,(H2,20,27)(H,24,31)(H,25,28)(H,26,32)(H,29,30)(H,33,34)(H4,21,22,23). The summed E-state index contributed by atoms with van der Waals surface area (Å²) in [6.45, 7) is -0.285. The Morgan fingerprint density at radius 2 is 1.44 bits per heavy atom. The number of aliphatic imine (C=N–C) groups is 1. The van der Waals surface area contributed by atoms with E-state index in [0.717, 1.165) is 0 Å². The second-order valence-corrected chi connectivity index (χ2v) is 7.23. The Bertz CT molecular complexity index is 784. The number of carboxylic acid groups (broad SMARTS) is 2. The van der Waals surface area contributed by atoms with Gasteiger partial charge in [-0.1, -0.05) is 0 Å². The minimum atomic E-state index is -1.53. The first kappa shape index (κ1) is 30.1. The summed E-state index contributed by atoms with van der Waals surface area (Å²) in [4.78, 5) is 73.4. The molecule has 0 spiro atoms. The molecule has 0 radical (unpaired) electrons. The van der Waals surface area contributed by atoms with Crippen molar-refractivity contribution in [1.82, 2.24) is 16.0 Å². The van der Waals surface area contributed by atoms with Gasteiger partial charge in [0.2, 0.25) is 23.6 Å². The molecule has 0 aromatic carbocycles. The van der Waals surface area contributed by atoms with Crippen molar-refractivity contribution in [1.29, 1.82) is 0 Å². The summed E-state index contributed by atoms with van der Waals surface area (Å²) < 4.78 is 0. The third-order valence-electron chi connectivity index (χ3n) is 4.32. The van der Waals surface area contributed by atoms with Gasteiger partial charge >= 0.3 is 11.9 Å². The number of carboxylic acids is 2. The van der Waals surface area contributed by atoms with Crippen LogP contribution in [0.15, 0.2) is 4.99 Å². The smallest absolute Gasteiger partial charge is 0.326 e. The molecule has 0 bridgehead atoms. The Morgan fingerprint density at radius 3 is 1.97 bits per heavy atom. The van der Waals surface area contributed by atoms with E-state index in [0.29, 0.717) is 6.42 Å². The maximum absolute atomic E-state index is 12.5. The van der Waals surface area contributed by atoms with E-state index in [1.165, 1.54) is 0 Å². The highest BCUT2D eigenvalue weighted by Crippen LogP contribution is 2.03. The number of nitrogens with one attached hydrogen (secondary N) is 3. The van der Waals surface area contributed by atoms with Gasteiger partial charge in [-0.15, -0.1) is 0 Å². The molecular formula is C18H32N8O8. The molecule has 3 atom stereocenters. The van der Waals surface area contributed by atoms with E-state index >= 15 is 0 Å². The first-order valence-corrected chi connectivity index (χ1v) is 10.2. The maximum Gasteiger partial charge on any atom is 0.326 e. The second-order valence-electron chi connectivity index (χ2n) is 7.23. The first-order chi connectivity index (χ1) is 15.8. The zero-order valence-corrected chi connectivity index (χ0v) is 18.5. The van der Waals surface area contributed by atoms with E-state index in [1.807, 2.05) is 0 Å². The molecule has 0 saturated carbocycles. The van der Waals surface area contributed by atoms with Crippen molar-refractivity contribution in [2.75, 3.05) is 13.1 Å². The van der Waals surface area contributed by atoms with Gasteiger partial charge in [-0.05, 0) is 25.7 Å². The lowest BCUT2D eigenvalue weighted by Gasteiger charge is -2.21. The van der Waals surface area contributed by atoms with Gasteiger partial charge in [0.25, 0.3) is 0 Å². The number of nitrogens with zero attached hydrogens (tertiary/aromatic N) is 1. The largest absolute Gasteiger partial charge is 0.481 e. The molecule has 192 valence electrons. The Morgan fingerprint density at radius 1 is 0.824 bits per heavy atom. The van der Waals surface area contributed by atoms with Crippen molar-refractivity contribution >= 4 is 41.5 Å². The van der Waals surface area contributed by atoms with E-state index < -0.39 is 73.1 Å². The van der Waals surface area contributed by atoms with Crippen molar-refractivity contribution in [2.45, 2.75) is 56.7 Å². The number of hydrogen-bond acceptors (Lipinski definition) is 8. The predicted molar refractivity (Wildman–Crippen MR) is 118 cm³/mol. The Kier molecular flexibility index (Phi) is 14.0. The number of rotatable bonds is 17. The Labute approximate surface area is 194 Å². The van der Waals surface area contributed by atoms with Crippen LogP contribution in [0.5, 0.6) is 0 Å². The van der Waals surface area contributed by atoms with Crippen LogP contribution in [0.3, 0.4) is 0 Å². The summed E-state index contributed by atoms with van der Waals surface area (Å²) in [5, 5.41) is 24.6. The molecule has 0 aliphatic rings. The molecule has 4 amide bonds. The highest BCUT2D eigenvalue weighted by atomic mass is 16.4. The number of primary amides is 1. The molecule has 0 fully saturated rings. The maximum atomic E-state index is 12.5. The lowest BCUT2D eigenvalue weighted by molar-refractivity contribution is -0.143. The molecule has 0 aliphatic carbocycles. The van der Waals surface area contributed by atoms with E-state index in [-0.39, 0.29) is 31.8 Å². The summed E-state index contributed by atoms with van der Waals surface area (Å²) in [5.41, 5.74) is 21.1. The summed E-state index contributed by atoms with van der Waals surface area (Å²) in [6.07, 6.45) is -0.825. The van der Waals surface area contributed by atoms with Crippen LogP contribution in [0.25, 0.3) is 0 Å². The van der Waals surface area contributed by atoms with Crippen molar-refractivity contribution in [3.05, 3.63) is 0 Å². The highest BCUT2D eigenvalue weighted by molar-refractivity contribution is 5.93. The van der Waals surface area contributed by atoms with Gasteiger partial charge in [0, 0.05) is 19.4 Å². The SMILES string of the molecule is NC(=O)CCC(NC(=O)CNC(=O)C(N)CCCN=C(N)N)C(=O)NC(CCC(=O)O)C(=O)O. The van der Waals surface area contributed by atoms with E-state index in [4.69, 9.17) is 28.0 Å². The van der Waals surface area contributed by atoms with Crippen LogP contribution in [0, 0.1) is 0 Å². The lowest BCUT2D eigenvalue weighted by Crippen LogP contribution is -2.54. The number of guanidine groups is 1. The van der Waals surface area contributed by atoms with E-state index in [9.17, 15) is 33.9 Å². The molecule has 34 heavy (non-hydrogen) atoms. The van der Waals surface area contributed by atoms with Gasteiger partial charge in [-0.25, -0.2) is 4.79 Å². The summed E-state index contributed by atoms with van der Waals surface area (Å²) in [6, 6.07) is -3.84. The molecule has 0 saturated heterocycles. The van der Waals surface area contributed by atoms with Gasteiger partial charge < -0.3 is 49.1 Å². The summed E-state index contributed by atoms with van der Waals surface area (Å²) in [5.74, 6) is -6.02. The average Bonchev–Trinajstić information content (AvgIpc) is 2.74. The van der Waals surface area contributed by atoms with Crippen molar-refractivity contribution in [2.24, 2.45) is 27.9 Å². The number of carbonyl (C=O) groups excluding carboxylic acids is 4. The highest BCUT2D eigenvalue weighted by Gasteiger charge is 2.27. The number of nitrogens with two attached hydrogens (primary N) is 4. The zero-order chi connectivity index (χ0) is 26.3. The quantitative estimate of drug-likeness (QED) is 0.0535. The third-order valence-corrected chi connectivity index (χ3v) is 4.32. The van der Waals surface area contributed by atoms with Crippen LogP contribution in [-0.2, 0) is 28.8 Å². The molecule has 3 unspecified atom stereocenters. The van der Waals surface area contributed by atoms with Gasteiger partial charge in [0.05, 0.1) is 12.6 Å². The van der Waals surface area contributed by atoms with Crippen LogP contribution < -0.4 is 38.9 Å². The minimum Gasteiger partial charge on any atom is -0.481 e. The normalized spacial score (nSPS) is 13.0. The average molecular weight is 489 g/mol. The number of carbonyl (C=O) groups is 6. The lowest BCUT2D eigenvalue weighted by atomic mass is 10.1. The van der Waals surface area contributed by atoms with Crippen LogP contribution in [0.1, 0.15) is 38.5 Å². The van der Waals surface area contributed by atoms with Crippen LogP contribution in [-0.4, -0.2) is 83.0 Å². The Hall–Kier alpha value is -3.95.